The van der Waals surface area contributed by atoms with Crippen LogP contribution in [-0.2, 0) is 13.1 Å². The van der Waals surface area contributed by atoms with Crippen molar-refractivity contribution < 1.29 is 0 Å². The van der Waals surface area contributed by atoms with Crippen LogP contribution in [0.25, 0.3) is 0 Å². The van der Waals surface area contributed by atoms with Crippen LogP contribution in [0.1, 0.15) is 5.56 Å². The Morgan fingerprint density at radius 3 is 2.41 bits per heavy atom. The van der Waals surface area contributed by atoms with Gasteiger partial charge in [0.25, 0.3) is 11.1 Å². The molecule has 2 rings (SSSR count). The van der Waals surface area contributed by atoms with Crippen LogP contribution in [0, 0.1) is 6.92 Å². The zero-order valence-corrected chi connectivity index (χ0v) is 9.67. The third kappa shape index (κ3) is 2.53. The lowest BCUT2D eigenvalue weighted by molar-refractivity contribution is 0.551. The van der Waals surface area contributed by atoms with Crippen molar-refractivity contribution in [3.05, 3.63) is 69.0 Å². The number of rotatable bonds is 3. The van der Waals surface area contributed by atoms with E-state index in [4.69, 9.17) is 0 Å². The highest BCUT2D eigenvalue weighted by atomic mass is 16.1. The Labute approximate surface area is 98.8 Å². The lowest BCUT2D eigenvalue weighted by Gasteiger charge is -2.08. The fraction of sp³-hybridized carbons (Fsp3) is 0.231. The molecule has 0 saturated carbocycles. The van der Waals surface area contributed by atoms with Gasteiger partial charge in [-0.15, -0.1) is 0 Å². The predicted octanol–water partition coefficient (Wildman–Crippen LogP) is 1.02. The zero-order valence-electron chi connectivity index (χ0n) is 9.67. The molecule has 0 N–H and O–H groups in total. The molecule has 2 aromatic heterocycles. The molecule has 0 aromatic carbocycles. The summed E-state index contributed by atoms with van der Waals surface area (Å²) >= 11 is 0. The van der Waals surface area contributed by atoms with Crippen molar-refractivity contribution in [3.8, 4) is 0 Å². The summed E-state index contributed by atoms with van der Waals surface area (Å²) in [6.07, 6.45) is 3.46. The van der Waals surface area contributed by atoms with Crippen molar-refractivity contribution in [3.63, 3.8) is 0 Å². The van der Waals surface area contributed by atoms with Crippen LogP contribution >= 0.6 is 0 Å². The molecule has 0 spiro atoms. The van der Waals surface area contributed by atoms with E-state index in [1.807, 2.05) is 6.07 Å². The molecule has 0 aliphatic heterocycles. The summed E-state index contributed by atoms with van der Waals surface area (Å²) in [5.74, 6) is 0. The van der Waals surface area contributed by atoms with E-state index in [1.165, 1.54) is 6.07 Å². The van der Waals surface area contributed by atoms with E-state index in [0.717, 1.165) is 0 Å². The first-order valence-corrected chi connectivity index (χ1v) is 5.50. The van der Waals surface area contributed by atoms with Gasteiger partial charge in [-0.1, -0.05) is 12.1 Å². The van der Waals surface area contributed by atoms with E-state index in [0.29, 0.717) is 18.7 Å². The topological polar surface area (TPSA) is 44.0 Å². The summed E-state index contributed by atoms with van der Waals surface area (Å²) in [6, 6.07) is 8.65. The van der Waals surface area contributed by atoms with Crippen LogP contribution in [0.2, 0.25) is 0 Å². The average Bonchev–Trinajstić information content (AvgIpc) is 2.33. The second-order valence-corrected chi connectivity index (χ2v) is 3.92. The maximum atomic E-state index is 11.8. The number of aryl methyl sites for hydroxylation is 3. The second kappa shape index (κ2) is 4.82. The summed E-state index contributed by atoms with van der Waals surface area (Å²) in [7, 11) is 0. The molecule has 0 atom stereocenters. The van der Waals surface area contributed by atoms with Crippen molar-refractivity contribution in [2.75, 3.05) is 0 Å². The van der Waals surface area contributed by atoms with Gasteiger partial charge in [-0.2, -0.15) is 0 Å². The summed E-state index contributed by atoms with van der Waals surface area (Å²) in [6.45, 7) is 2.79. The molecule has 0 unspecified atom stereocenters. The number of hydrogen-bond donors (Lipinski definition) is 0. The van der Waals surface area contributed by atoms with Gasteiger partial charge in [0.2, 0.25) is 0 Å². The number of nitrogens with zero attached hydrogens (tertiary/aromatic N) is 2. The molecule has 0 saturated heterocycles. The van der Waals surface area contributed by atoms with E-state index in [2.05, 4.69) is 0 Å². The molecule has 0 fully saturated rings. The minimum atomic E-state index is -0.0480. The van der Waals surface area contributed by atoms with Crippen molar-refractivity contribution in [1.82, 2.24) is 9.13 Å². The summed E-state index contributed by atoms with van der Waals surface area (Å²) in [5.41, 5.74) is 0.664. The fourth-order valence-electron chi connectivity index (χ4n) is 1.69. The Bertz CT molecular complexity index is 626. The highest BCUT2D eigenvalue weighted by molar-refractivity contribution is 5.07. The lowest BCUT2D eigenvalue weighted by atomic mass is 10.3. The van der Waals surface area contributed by atoms with Gasteiger partial charge in [0, 0.05) is 37.1 Å². The summed E-state index contributed by atoms with van der Waals surface area (Å²) in [4.78, 5) is 23.2. The standard InChI is InChI=1S/C13H14N2O2/c1-11-5-4-8-15(13(11)17)10-9-14-7-3-2-6-12(14)16/h2-8H,9-10H2,1H3. The van der Waals surface area contributed by atoms with Crippen molar-refractivity contribution in [2.45, 2.75) is 20.0 Å². The van der Waals surface area contributed by atoms with Gasteiger partial charge in [0.1, 0.15) is 0 Å². The molecular formula is C13H14N2O2. The lowest BCUT2D eigenvalue weighted by Crippen LogP contribution is -2.26. The third-order valence-corrected chi connectivity index (χ3v) is 2.69. The van der Waals surface area contributed by atoms with Gasteiger partial charge < -0.3 is 9.13 Å². The molecule has 88 valence electrons. The van der Waals surface area contributed by atoms with Crippen LogP contribution in [-0.4, -0.2) is 9.13 Å². The van der Waals surface area contributed by atoms with E-state index >= 15 is 0 Å². The first-order valence-electron chi connectivity index (χ1n) is 5.50. The highest BCUT2D eigenvalue weighted by Crippen LogP contribution is 1.91. The highest BCUT2D eigenvalue weighted by Gasteiger charge is 1.99. The minimum Gasteiger partial charge on any atom is -0.314 e. The van der Waals surface area contributed by atoms with Gasteiger partial charge in [0.15, 0.2) is 0 Å². The number of aromatic nitrogens is 2. The van der Waals surface area contributed by atoms with Gasteiger partial charge in [-0.05, 0) is 19.1 Å². The predicted molar refractivity (Wildman–Crippen MR) is 66.1 cm³/mol. The van der Waals surface area contributed by atoms with Crippen LogP contribution in [0.5, 0.6) is 0 Å². The second-order valence-electron chi connectivity index (χ2n) is 3.92. The Kier molecular flexibility index (Phi) is 3.23. The van der Waals surface area contributed by atoms with E-state index in [1.54, 1.807) is 46.7 Å². The van der Waals surface area contributed by atoms with Gasteiger partial charge in [-0.25, -0.2) is 0 Å². The largest absolute Gasteiger partial charge is 0.314 e. The molecule has 0 aliphatic carbocycles. The number of pyridine rings is 2. The van der Waals surface area contributed by atoms with Crippen molar-refractivity contribution >= 4 is 0 Å². The molecule has 4 heteroatoms. The fourth-order valence-corrected chi connectivity index (χ4v) is 1.69. The molecule has 0 amide bonds. The molecule has 4 nitrogen and oxygen atoms in total. The van der Waals surface area contributed by atoms with Gasteiger partial charge in [0.05, 0.1) is 0 Å². The van der Waals surface area contributed by atoms with E-state index in [9.17, 15) is 9.59 Å². The molecule has 2 aromatic rings. The molecule has 2 heterocycles. The molecule has 17 heavy (non-hydrogen) atoms. The Morgan fingerprint density at radius 1 is 0.941 bits per heavy atom. The minimum absolute atomic E-state index is 0.00326. The van der Waals surface area contributed by atoms with E-state index in [-0.39, 0.29) is 11.1 Å². The van der Waals surface area contributed by atoms with E-state index < -0.39 is 0 Å². The quantitative estimate of drug-likeness (QED) is 0.790. The molecule has 0 bridgehead atoms. The molecule has 0 radical (unpaired) electrons. The van der Waals surface area contributed by atoms with Crippen molar-refractivity contribution in [2.24, 2.45) is 0 Å². The summed E-state index contributed by atoms with van der Waals surface area (Å²) < 4.78 is 3.21. The Morgan fingerprint density at radius 2 is 1.65 bits per heavy atom. The SMILES string of the molecule is Cc1cccn(CCn2ccccc2=O)c1=O. The van der Waals surface area contributed by atoms with Gasteiger partial charge >= 0.3 is 0 Å². The maximum Gasteiger partial charge on any atom is 0.253 e. The first-order chi connectivity index (χ1) is 8.18. The van der Waals surface area contributed by atoms with Gasteiger partial charge in [-0.3, -0.25) is 9.59 Å². The van der Waals surface area contributed by atoms with Crippen molar-refractivity contribution in [1.29, 1.82) is 0 Å². The monoisotopic (exact) mass is 230 g/mol. The number of hydrogen-bond acceptors (Lipinski definition) is 2. The maximum absolute atomic E-state index is 11.8. The van der Waals surface area contributed by atoms with Crippen LogP contribution in [0.15, 0.2) is 52.3 Å². The zero-order chi connectivity index (χ0) is 12.3. The van der Waals surface area contributed by atoms with Crippen LogP contribution in [0.3, 0.4) is 0 Å². The Balaban J connectivity index is 2.19. The van der Waals surface area contributed by atoms with Crippen LogP contribution < -0.4 is 11.1 Å². The first kappa shape index (κ1) is 11.4. The summed E-state index contributed by atoms with van der Waals surface area (Å²) in [5, 5.41) is 0. The van der Waals surface area contributed by atoms with Crippen LogP contribution in [0.4, 0.5) is 0 Å². The normalized spacial score (nSPS) is 10.4. The smallest absolute Gasteiger partial charge is 0.253 e. The molecule has 0 aliphatic rings. The third-order valence-electron chi connectivity index (χ3n) is 2.69. The molecular weight excluding hydrogens is 216 g/mol. The Hall–Kier alpha value is -2.10. The average molecular weight is 230 g/mol.